The molecule has 0 saturated heterocycles. The largest absolute Gasteiger partial charge is 0.462 e. The zero-order chi connectivity index (χ0) is 21.7. The molecular formula is C26H28N2O2. The molecule has 4 rings (SSSR count). The lowest BCUT2D eigenvalue weighted by Crippen LogP contribution is -2.31. The van der Waals surface area contributed by atoms with Crippen molar-refractivity contribution >= 4 is 17.2 Å². The SMILES string of the molecule is Cc1coc2c1CC(C)(C)C1=C/C(=C\2N=Nc2ccccc2)C=C(C(C)(C)C)C1=O. The average Bonchev–Trinajstić information content (AvgIpc) is 3.01. The summed E-state index contributed by atoms with van der Waals surface area (Å²) in [5, 5.41) is 9.09. The van der Waals surface area contributed by atoms with Gasteiger partial charge in [0.15, 0.2) is 11.5 Å². The minimum absolute atomic E-state index is 0.125. The number of allylic oxidation sites excluding steroid dienone is 5. The molecule has 0 fully saturated rings. The Balaban J connectivity index is 2.01. The Morgan fingerprint density at radius 2 is 1.73 bits per heavy atom. The Morgan fingerprint density at radius 1 is 1.03 bits per heavy atom. The molecule has 0 aliphatic heterocycles. The topological polar surface area (TPSA) is 54.9 Å². The predicted molar refractivity (Wildman–Crippen MR) is 119 cm³/mol. The molecule has 0 amide bonds. The number of furan rings is 1. The van der Waals surface area contributed by atoms with Crippen LogP contribution in [0.1, 0.15) is 51.5 Å². The van der Waals surface area contributed by atoms with E-state index in [1.165, 1.54) is 0 Å². The van der Waals surface area contributed by atoms with E-state index in [0.29, 0.717) is 12.1 Å². The van der Waals surface area contributed by atoms with E-state index in [1.54, 1.807) is 6.26 Å². The number of carbonyl (C=O) groups is 1. The summed E-state index contributed by atoms with van der Waals surface area (Å²) in [4.78, 5) is 13.4. The lowest BCUT2D eigenvalue weighted by molar-refractivity contribution is -0.114. The second-order valence-electron chi connectivity index (χ2n) is 9.82. The summed E-state index contributed by atoms with van der Waals surface area (Å²) < 4.78 is 6.00. The molecule has 0 N–H and O–H groups in total. The Hall–Kier alpha value is -3.01. The van der Waals surface area contributed by atoms with Crippen LogP contribution in [0, 0.1) is 17.8 Å². The van der Waals surface area contributed by atoms with Gasteiger partial charge in [-0.2, -0.15) is 5.11 Å². The van der Waals surface area contributed by atoms with Crippen molar-refractivity contribution in [1.29, 1.82) is 0 Å². The molecule has 4 heteroatoms. The summed E-state index contributed by atoms with van der Waals surface area (Å²) in [6, 6.07) is 9.65. The third-order valence-electron chi connectivity index (χ3n) is 5.86. The van der Waals surface area contributed by atoms with E-state index in [4.69, 9.17) is 4.42 Å². The highest BCUT2D eigenvalue weighted by molar-refractivity contribution is 6.12. The maximum atomic E-state index is 13.4. The Morgan fingerprint density at radius 3 is 2.40 bits per heavy atom. The van der Waals surface area contributed by atoms with E-state index in [9.17, 15) is 4.79 Å². The molecule has 2 bridgehead atoms. The Labute approximate surface area is 178 Å². The highest BCUT2D eigenvalue weighted by Crippen LogP contribution is 2.46. The van der Waals surface area contributed by atoms with Crippen molar-refractivity contribution in [2.24, 2.45) is 21.1 Å². The number of Topliss-reactive ketones (excluding diaryl/α,β-unsaturated/α-hetero) is 1. The standard InChI is InChI=1S/C26H28N2O2/c1-16-15-30-24-19(16)14-26(5,6)21-13-17(12-20(23(21)29)25(2,3)4)22(24)28-27-18-10-8-7-9-11-18/h7-13,15H,14H2,1-6H3/b22-17+,28-27?. The van der Waals surface area contributed by atoms with Gasteiger partial charge in [-0.1, -0.05) is 52.8 Å². The van der Waals surface area contributed by atoms with Gasteiger partial charge in [0, 0.05) is 22.3 Å². The summed E-state index contributed by atoms with van der Waals surface area (Å²) in [5.41, 5.74) is 5.49. The van der Waals surface area contributed by atoms with E-state index in [2.05, 4.69) is 44.8 Å². The maximum absolute atomic E-state index is 13.4. The molecular weight excluding hydrogens is 372 g/mol. The lowest BCUT2D eigenvalue weighted by atomic mass is 9.67. The van der Waals surface area contributed by atoms with E-state index in [1.807, 2.05) is 49.4 Å². The second-order valence-corrected chi connectivity index (χ2v) is 9.82. The molecule has 154 valence electrons. The molecule has 0 spiro atoms. The Bertz CT molecular complexity index is 1130. The number of benzene rings is 1. The first-order valence-corrected chi connectivity index (χ1v) is 10.4. The van der Waals surface area contributed by atoms with Crippen LogP contribution < -0.4 is 0 Å². The molecule has 30 heavy (non-hydrogen) atoms. The van der Waals surface area contributed by atoms with Gasteiger partial charge < -0.3 is 4.42 Å². The second kappa shape index (κ2) is 7.05. The number of aryl methyl sites for hydroxylation is 1. The third kappa shape index (κ3) is 3.51. The number of ketones is 1. The van der Waals surface area contributed by atoms with Crippen LogP contribution in [-0.4, -0.2) is 5.78 Å². The first-order valence-electron chi connectivity index (χ1n) is 10.4. The van der Waals surface area contributed by atoms with Crippen LogP contribution in [0.3, 0.4) is 0 Å². The predicted octanol–water partition coefficient (Wildman–Crippen LogP) is 7.15. The van der Waals surface area contributed by atoms with E-state index in [-0.39, 0.29) is 16.6 Å². The first kappa shape index (κ1) is 20.3. The zero-order valence-corrected chi connectivity index (χ0v) is 18.5. The van der Waals surface area contributed by atoms with Gasteiger partial charge in [0.2, 0.25) is 0 Å². The average molecular weight is 401 g/mol. The molecule has 2 aromatic rings. The van der Waals surface area contributed by atoms with Crippen molar-refractivity contribution in [3.05, 3.63) is 82.4 Å². The van der Waals surface area contributed by atoms with Gasteiger partial charge in [0.05, 0.1) is 12.0 Å². The molecule has 1 aromatic heterocycles. The fraction of sp³-hybridized carbons (Fsp3) is 0.346. The number of hydrogen-bond acceptors (Lipinski definition) is 4. The summed E-state index contributed by atoms with van der Waals surface area (Å²) in [6.45, 7) is 12.5. The van der Waals surface area contributed by atoms with Gasteiger partial charge >= 0.3 is 0 Å². The van der Waals surface area contributed by atoms with Gasteiger partial charge in [-0.05, 0) is 54.0 Å². The van der Waals surface area contributed by atoms with Crippen molar-refractivity contribution in [2.45, 2.75) is 48.0 Å². The van der Waals surface area contributed by atoms with Crippen LogP contribution >= 0.6 is 0 Å². The fourth-order valence-electron chi connectivity index (χ4n) is 4.09. The molecule has 1 heterocycles. The van der Waals surface area contributed by atoms with Gasteiger partial charge in [-0.15, -0.1) is 5.11 Å². The van der Waals surface area contributed by atoms with E-state index >= 15 is 0 Å². The van der Waals surface area contributed by atoms with Gasteiger partial charge in [-0.3, -0.25) is 4.79 Å². The van der Waals surface area contributed by atoms with Crippen molar-refractivity contribution in [1.82, 2.24) is 0 Å². The molecule has 0 atom stereocenters. The number of azo groups is 1. The van der Waals surface area contributed by atoms with Gasteiger partial charge in [0.25, 0.3) is 0 Å². The van der Waals surface area contributed by atoms with E-state index < -0.39 is 0 Å². The number of rotatable bonds is 2. The van der Waals surface area contributed by atoms with Crippen LogP contribution in [0.25, 0.3) is 5.70 Å². The number of carbonyl (C=O) groups excluding carboxylic acids is 1. The zero-order valence-electron chi connectivity index (χ0n) is 18.5. The number of fused-ring (bicyclic) bond motifs is 2. The molecule has 2 aliphatic carbocycles. The Kier molecular flexibility index (Phi) is 4.76. The number of nitrogens with zero attached hydrogens (tertiary/aromatic N) is 2. The van der Waals surface area contributed by atoms with Crippen LogP contribution in [0.5, 0.6) is 0 Å². The first-order chi connectivity index (χ1) is 14.1. The molecule has 2 aliphatic rings. The molecule has 0 radical (unpaired) electrons. The summed E-state index contributed by atoms with van der Waals surface area (Å²) >= 11 is 0. The number of hydrogen-bond donors (Lipinski definition) is 0. The summed E-state index contributed by atoms with van der Waals surface area (Å²) in [5.74, 6) is 0.865. The molecule has 0 unspecified atom stereocenters. The lowest BCUT2D eigenvalue weighted by Gasteiger charge is -2.35. The third-order valence-corrected chi connectivity index (χ3v) is 5.86. The molecule has 1 aromatic carbocycles. The highest BCUT2D eigenvalue weighted by Gasteiger charge is 2.40. The van der Waals surface area contributed by atoms with Crippen LogP contribution in [0.15, 0.2) is 80.1 Å². The minimum atomic E-state index is -0.321. The van der Waals surface area contributed by atoms with E-state index in [0.717, 1.165) is 39.3 Å². The van der Waals surface area contributed by atoms with Crippen molar-refractivity contribution in [2.75, 3.05) is 0 Å². The smallest absolute Gasteiger partial charge is 0.186 e. The van der Waals surface area contributed by atoms with Gasteiger partial charge in [0.1, 0.15) is 5.70 Å². The summed E-state index contributed by atoms with van der Waals surface area (Å²) in [6.07, 6.45) is 6.43. The van der Waals surface area contributed by atoms with Crippen molar-refractivity contribution in [3.63, 3.8) is 0 Å². The quantitative estimate of drug-likeness (QED) is 0.503. The van der Waals surface area contributed by atoms with Crippen LogP contribution in [0.2, 0.25) is 0 Å². The molecule has 4 nitrogen and oxygen atoms in total. The summed E-state index contributed by atoms with van der Waals surface area (Å²) in [7, 11) is 0. The highest BCUT2D eigenvalue weighted by atomic mass is 16.3. The molecule has 0 saturated carbocycles. The van der Waals surface area contributed by atoms with Crippen molar-refractivity contribution < 1.29 is 9.21 Å². The van der Waals surface area contributed by atoms with Crippen molar-refractivity contribution in [3.8, 4) is 0 Å². The fourth-order valence-corrected chi connectivity index (χ4v) is 4.09. The van der Waals surface area contributed by atoms with Crippen LogP contribution in [0.4, 0.5) is 5.69 Å². The normalized spacial score (nSPS) is 21.1. The monoisotopic (exact) mass is 400 g/mol. The maximum Gasteiger partial charge on any atom is 0.186 e. The van der Waals surface area contributed by atoms with Gasteiger partial charge in [-0.25, -0.2) is 0 Å². The van der Waals surface area contributed by atoms with Crippen LogP contribution in [-0.2, 0) is 11.2 Å². The minimum Gasteiger partial charge on any atom is -0.462 e.